The molecule has 7 heteroatoms. The summed E-state index contributed by atoms with van der Waals surface area (Å²) in [4.78, 5) is 26.5. The van der Waals surface area contributed by atoms with Crippen LogP contribution in [0.15, 0.2) is 5.38 Å². The molecule has 1 aliphatic rings. The van der Waals surface area contributed by atoms with Crippen molar-refractivity contribution in [3.8, 4) is 0 Å². The average molecular weight is 311 g/mol. The molecule has 21 heavy (non-hydrogen) atoms. The first-order valence-electron chi connectivity index (χ1n) is 7.08. The first-order chi connectivity index (χ1) is 9.85. The van der Waals surface area contributed by atoms with Crippen molar-refractivity contribution in [3.63, 3.8) is 0 Å². The van der Waals surface area contributed by atoms with Crippen molar-refractivity contribution >= 4 is 23.3 Å². The average Bonchev–Trinajstić information content (AvgIpc) is 2.96. The fraction of sp³-hybridized carbons (Fsp3) is 0.643. The van der Waals surface area contributed by atoms with Crippen LogP contribution in [-0.4, -0.2) is 34.7 Å². The Balaban J connectivity index is 1.68. The van der Waals surface area contributed by atoms with Gasteiger partial charge in [-0.15, -0.1) is 11.3 Å². The molecule has 0 spiro atoms. The monoisotopic (exact) mass is 311 g/mol. The number of hydrogen-bond donors (Lipinski definition) is 3. The Kier molecular flexibility index (Phi) is 4.82. The van der Waals surface area contributed by atoms with Gasteiger partial charge in [-0.3, -0.25) is 0 Å². The molecule has 1 heterocycles. The minimum Gasteiger partial charge on any atom is -0.476 e. The third kappa shape index (κ3) is 4.70. The fourth-order valence-corrected chi connectivity index (χ4v) is 3.37. The number of urea groups is 1. The van der Waals surface area contributed by atoms with E-state index in [4.69, 9.17) is 5.11 Å². The maximum absolute atomic E-state index is 11.8. The van der Waals surface area contributed by atoms with Gasteiger partial charge in [-0.25, -0.2) is 14.6 Å². The standard InChI is InChI=1S/C14H21N3O3S/c1-14(2)5-3-9(7-14)16-13(20)15-6-4-11-17-10(8-21-11)12(18)19/h8-9H,3-7H2,1-2H3,(H,18,19)(H2,15,16,20). The quantitative estimate of drug-likeness (QED) is 0.778. The van der Waals surface area contributed by atoms with Crippen molar-refractivity contribution in [1.82, 2.24) is 15.6 Å². The van der Waals surface area contributed by atoms with Gasteiger partial charge < -0.3 is 15.7 Å². The first kappa shape index (κ1) is 15.8. The predicted octanol–water partition coefficient (Wildman–Crippen LogP) is 2.26. The molecule has 1 unspecified atom stereocenters. The molecule has 0 aromatic carbocycles. The second-order valence-corrected chi connectivity index (χ2v) is 7.13. The van der Waals surface area contributed by atoms with E-state index in [-0.39, 0.29) is 17.8 Å². The number of aromatic carboxylic acids is 1. The smallest absolute Gasteiger partial charge is 0.355 e. The summed E-state index contributed by atoms with van der Waals surface area (Å²) in [6.45, 7) is 4.89. The van der Waals surface area contributed by atoms with E-state index in [1.165, 1.54) is 16.7 Å². The molecule has 0 bridgehead atoms. The Hall–Kier alpha value is -1.63. The van der Waals surface area contributed by atoms with E-state index in [9.17, 15) is 9.59 Å². The number of rotatable bonds is 5. The molecule has 116 valence electrons. The number of nitrogens with zero attached hydrogens (tertiary/aromatic N) is 1. The van der Waals surface area contributed by atoms with E-state index in [1.807, 2.05) is 0 Å². The van der Waals surface area contributed by atoms with Crippen LogP contribution < -0.4 is 10.6 Å². The number of carbonyl (C=O) groups excluding carboxylic acids is 1. The van der Waals surface area contributed by atoms with Crippen LogP contribution in [0.3, 0.4) is 0 Å². The number of aromatic nitrogens is 1. The van der Waals surface area contributed by atoms with E-state index >= 15 is 0 Å². The lowest BCUT2D eigenvalue weighted by molar-refractivity contribution is 0.0691. The molecule has 2 rings (SSSR count). The second kappa shape index (κ2) is 6.43. The lowest BCUT2D eigenvalue weighted by Gasteiger charge is -2.18. The molecule has 3 N–H and O–H groups in total. The summed E-state index contributed by atoms with van der Waals surface area (Å²) >= 11 is 1.30. The lowest BCUT2D eigenvalue weighted by atomic mass is 9.92. The summed E-state index contributed by atoms with van der Waals surface area (Å²) < 4.78 is 0. The lowest BCUT2D eigenvalue weighted by Crippen LogP contribution is -2.42. The second-order valence-electron chi connectivity index (χ2n) is 6.19. The van der Waals surface area contributed by atoms with Gasteiger partial charge in [0.05, 0.1) is 5.01 Å². The van der Waals surface area contributed by atoms with Gasteiger partial charge >= 0.3 is 12.0 Å². The molecule has 0 aliphatic heterocycles. The number of hydrogen-bond acceptors (Lipinski definition) is 4. The summed E-state index contributed by atoms with van der Waals surface area (Å²) in [5.41, 5.74) is 0.374. The van der Waals surface area contributed by atoms with Crippen LogP contribution in [0.25, 0.3) is 0 Å². The van der Waals surface area contributed by atoms with Crippen molar-refractivity contribution in [2.45, 2.75) is 45.6 Å². The van der Waals surface area contributed by atoms with Gasteiger partial charge in [0.15, 0.2) is 5.69 Å². The maximum Gasteiger partial charge on any atom is 0.355 e. The first-order valence-corrected chi connectivity index (χ1v) is 7.96. The zero-order valence-electron chi connectivity index (χ0n) is 12.3. The Morgan fingerprint density at radius 1 is 1.52 bits per heavy atom. The van der Waals surface area contributed by atoms with Crippen molar-refractivity contribution < 1.29 is 14.7 Å². The van der Waals surface area contributed by atoms with Gasteiger partial charge in [0.1, 0.15) is 0 Å². The van der Waals surface area contributed by atoms with Gasteiger partial charge in [0, 0.05) is 24.4 Å². The molecule has 0 radical (unpaired) electrons. The van der Waals surface area contributed by atoms with Gasteiger partial charge in [0.25, 0.3) is 0 Å². The zero-order valence-corrected chi connectivity index (χ0v) is 13.1. The topological polar surface area (TPSA) is 91.3 Å². The number of amides is 2. The van der Waals surface area contributed by atoms with Crippen LogP contribution in [0.1, 0.15) is 48.6 Å². The predicted molar refractivity (Wildman–Crippen MR) is 80.7 cm³/mol. The SMILES string of the molecule is CC1(C)CCC(NC(=O)NCCc2nc(C(=O)O)cs2)C1. The summed E-state index contributed by atoms with van der Waals surface area (Å²) in [6.07, 6.45) is 3.71. The molecule has 1 fully saturated rings. The Morgan fingerprint density at radius 2 is 2.29 bits per heavy atom. The Labute approximate surface area is 128 Å². The normalized spacial score (nSPS) is 20.2. The number of thiazole rings is 1. The van der Waals surface area contributed by atoms with Crippen molar-refractivity contribution in [2.24, 2.45) is 5.41 Å². The van der Waals surface area contributed by atoms with Gasteiger partial charge in [-0.05, 0) is 24.7 Å². The summed E-state index contributed by atoms with van der Waals surface area (Å²) in [5, 5.41) is 16.8. The molecular formula is C14H21N3O3S. The molecule has 1 atom stereocenters. The number of carboxylic acid groups (broad SMARTS) is 1. The molecular weight excluding hydrogens is 290 g/mol. The van der Waals surface area contributed by atoms with E-state index < -0.39 is 5.97 Å². The van der Waals surface area contributed by atoms with Crippen molar-refractivity contribution in [1.29, 1.82) is 0 Å². The van der Waals surface area contributed by atoms with Crippen LogP contribution in [0.2, 0.25) is 0 Å². The highest BCUT2D eigenvalue weighted by atomic mass is 32.1. The molecule has 1 aromatic heterocycles. The highest BCUT2D eigenvalue weighted by Crippen LogP contribution is 2.36. The van der Waals surface area contributed by atoms with E-state index in [0.717, 1.165) is 24.3 Å². The molecule has 0 saturated heterocycles. The Bertz CT molecular complexity index is 527. The third-order valence-electron chi connectivity index (χ3n) is 3.70. The van der Waals surface area contributed by atoms with E-state index in [0.29, 0.717) is 18.4 Å². The summed E-state index contributed by atoms with van der Waals surface area (Å²) in [5.74, 6) is -1.02. The summed E-state index contributed by atoms with van der Waals surface area (Å²) in [6, 6.07) is 0.0891. The minimum atomic E-state index is -1.02. The molecule has 6 nitrogen and oxygen atoms in total. The minimum absolute atomic E-state index is 0.0626. The molecule has 2 amide bonds. The Morgan fingerprint density at radius 3 is 2.86 bits per heavy atom. The number of nitrogens with one attached hydrogen (secondary N) is 2. The summed E-state index contributed by atoms with van der Waals surface area (Å²) in [7, 11) is 0. The van der Waals surface area contributed by atoms with Gasteiger partial charge in [-0.2, -0.15) is 0 Å². The van der Waals surface area contributed by atoms with E-state index in [1.54, 1.807) is 0 Å². The van der Waals surface area contributed by atoms with Gasteiger partial charge in [-0.1, -0.05) is 13.8 Å². The number of carboxylic acids is 1. The van der Waals surface area contributed by atoms with Crippen LogP contribution >= 0.6 is 11.3 Å². The van der Waals surface area contributed by atoms with Gasteiger partial charge in [0.2, 0.25) is 0 Å². The van der Waals surface area contributed by atoms with Crippen LogP contribution in [0.4, 0.5) is 4.79 Å². The van der Waals surface area contributed by atoms with Crippen molar-refractivity contribution in [2.75, 3.05) is 6.54 Å². The molecule has 1 aromatic rings. The van der Waals surface area contributed by atoms with Crippen LogP contribution in [0, 0.1) is 5.41 Å². The molecule has 1 saturated carbocycles. The largest absolute Gasteiger partial charge is 0.476 e. The fourth-order valence-electron chi connectivity index (χ4n) is 2.60. The third-order valence-corrected chi connectivity index (χ3v) is 4.61. The zero-order chi connectivity index (χ0) is 15.5. The van der Waals surface area contributed by atoms with Crippen LogP contribution in [-0.2, 0) is 6.42 Å². The molecule has 1 aliphatic carbocycles. The maximum atomic E-state index is 11.8. The van der Waals surface area contributed by atoms with Crippen LogP contribution in [0.5, 0.6) is 0 Å². The van der Waals surface area contributed by atoms with E-state index in [2.05, 4.69) is 29.5 Å². The highest BCUT2D eigenvalue weighted by Gasteiger charge is 2.31. The highest BCUT2D eigenvalue weighted by molar-refractivity contribution is 7.09. The number of carbonyl (C=O) groups is 2. The van der Waals surface area contributed by atoms with Crippen molar-refractivity contribution in [3.05, 3.63) is 16.1 Å².